The third-order valence-corrected chi connectivity index (χ3v) is 4.58. The van der Waals surface area contributed by atoms with Crippen molar-refractivity contribution in [3.05, 3.63) is 89.5 Å². The highest BCUT2D eigenvalue weighted by atomic mass is 16.5. The number of benzene rings is 3. The highest BCUT2D eigenvalue weighted by Crippen LogP contribution is 2.26. The summed E-state index contributed by atoms with van der Waals surface area (Å²) in [6.07, 6.45) is 0. The third kappa shape index (κ3) is 5.29. The Morgan fingerprint density at radius 3 is 2.38 bits per heavy atom. The molecule has 0 saturated heterocycles. The Morgan fingerprint density at radius 1 is 0.862 bits per heavy atom. The SMILES string of the molecule is COc1ccc(CN(C)C(=O)c2cccc(OCc3ccccc3)c2)c(OC)c1. The number of carbonyl (C=O) groups excluding carboxylic acids is 1. The molecule has 3 aromatic carbocycles. The molecule has 150 valence electrons. The molecule has 3 aromatic rings. The first kappa shape index (κ1) is 20.3. The molecule has 1 amide bonds. The lowest BCUT2D eigenvalue weighted by molar-refractivity contribution is 0.0783. The number of amides is 1. The molecule has 0 heterocycles. The van der Waals surface area contributed by atoms with E-state index >= 15 is 0 Å². The average Bonchev–Trinajstić information content (AvgIpc) is 2.78. The topological polar surface area (TPSA) is 48.0 Å². The minimum atomic E-state index is -0.0898. The van der Waals surface area contributed by atoms with E-state index in [4.69, 9.17) is 14.2 Å². The van der Waals surface area contributed by atoms with Crippen molar-refractivity contribution in [3.63, 3.8) is 0 Å². The fraction of sp³-hybridized carbons (Fsp3) is 0.208. The summed E-state index contributed by atoms with van der Waals surface area (Å²) in [5.41, 5.74) is 2.55. The molecule has 0 radical (unpaired) electrons. The van der Waals surface area contributed by atoms with Gasteiger partial charge in [-0.25, -0.2) is 0 Å². The summed E-state index contributed by atoms with van der Waals surface area (Å²) < 4.78 is 16.5. The lowest BCUT2D eigenvalue weighted by Crippen LogP contribution is -2.26. The molecular weight excluding hydrogens is 366 g/mol. The summed E-state index contributed by atoms with van der Waals surface area (Å²) >= 11 is 0. The van der Waals surface area contributed by atoms with Crippen molar-refractivity contribution in [2.75, 3.05) is 21.3 Å². The molecule has 0 fully saturated rings. The maximum Gasteiger partial charge on any atom is 0.254 e. The van der Waals surface area contributed by atoms with Gasteiger partial charge in [-0.15, -0.1) is 0 Å². The smallest absolute Gasteiger partial charge is 0.254 e. The van der Waals surface area contributed by atoms with Gasteiger partial charge in [0, 0.05) is 30.8 Å². The van der Waals surface area contributed by atoms with Gasteiger partial charge in [-0.1, -0.05) is 36.4 Å². The number of hydrogen-bond acceptors (Lipinski definition) is 4. The van der Waals surface area contributed by atoms with Gasteiger partial charge < -0.3 is 19.1 Å². The lowest BCUT2D eigenvalue weighted by Gasteiger charge is -2.19. The van der Waals surface area contributed by atoms with E-state index < -0.39 is 0 Å². The molecule has 5 heteroatoms. The predicted molar refractivity (Wildman–Crippen MR) is 113 cm³/mol. The first-order valence-corrected chi connectivity index (χ1v) is 9.34. The van der Waals surface area contributed by atoms with Crippen LogP contribution in [0.25, 0.3) is 0 Å². The molecule has 5 nitrogen and oxygen atoms in total. The van der Waals surface area contributed by atoms with Crippen LogP contribution in [-0.4, -0.2) is 32.1 Å². The molecule has 0 aliphatic carbocycles. The van der Waals surface area contributed by atoms with Crippen LogP contribution in [0.15, 0.2) is 72.8 Å². The third-order valence-electron chi connectivity index (χ3n) is 4.58. The van der Waals surface area contributed by atoms with E-state index in [1.54, 1.807) is 38.3 Å². The summed E-state index contributed by atoms with van der Waals surface area (Å²) in [7, 11) is 4.98. The van der Waals surface area contributed by atoms with Gasteiger partial charge in [-0.2, -0.15) is 0 Å². The number of hydrogen-bond donors (Lipinski definition) is 0. The van der Waals surface area contributed by atoms with E-state index in [0.717, 1.165) is 11.1 Å². The lowest BCUT2D eigenvalue weighted by atomic mass is 10.1. The fourth-order valence-corrected chi connectivity index (χ4v) is 2.99. The van der Waals surface area contributed by atoms with Crippen molar-refractivity contribution in [1.82, 2.24) is 4.90 Å². The van der Waals surface area contributed by atoms with Gasteiger partial charge in [-0.05, 0) is 35.9 Å². The molecule has 0 N–H and O–H groups in total. The first-order chi connectivity index (χ1) is 14.1. The first-order valence-electron chi connectivity index (χ1n) is 9.34. The summed E-state index contributed by atoms with van der Waals surface area (Å²) in [5.74, 6) is 1.97. The van der Waals surface area contributed by atoms with Crippen molar-refractivity contribution in [2.45, 2.75) is 13.2 Å². The summed E-state index contributed by atoms with van der Waals surface area (Å²) in [6, 6.07) is 22.7. The molecule has 0 unspecified atom stereocenters. The molecule has 0 aliphatic heterocycles. The molecule has 29 heavy (non-hydrogen) atoms. The van der Waals surface area contributed by atoms with Crippen molar-refractivity contribution < 1.29 is 19.0 Å². The zero-order valence-electron chi connectivity index (χ0n) is 16.9. The van der Waals surface area contributed by atoms with Gasteiger partial charge in [0.15, 0.2) is 0 Å². The maximum absolute atomic E-state index is 12.9. The Morgan fingerprint density at radius 2 is 1.66 bits per heavy atom. The van der Waals surface area contributed by atoms with Crippen LogP contribution in [-0.2, 0) is 13.2 Å². The minimum absolute atomic E-state index is 0.0898. The Kier molecular flexibility index (Phi) is 6.74. The van der Waals surface area contributed by atoms with Crippen molar-refractivity contribution in [3.8, 4) is 17.2 Å². The zero-order valence-corrected chi connectivity index (χ0v) is 16.9. The number of methoxy groups -OCH3 is 2. The van der Waals surface area contributed by atoms with Crippen LogP contribution in [0.2, 0.25) is 0 Å². The molecule has 3 rings (SSSR count). The minimum Gasteiger partial charge on any atom is -0.497 e. The second-order valence-corrected chi connectivity index (χ2v) is 6.64. The van der Waals surface area contributed by atoms with E-state index in [9.17, 15) is 4.79 Å². The van der Waals surface area contributed by atoms with Gasteiger partial charge in [0.2, 0.25) is 0 Å². The Balaban J connectivity index is 1.68. The molecule has 0 aromatic heterocycles. The van der Waals surface area contributed by atoms with Gasteiger partial charge >= 0.3 is 0 Å². The summed E-state index contributed by atoms with van der Waals surface area (Å²) in [5, 5.41) is 0. The standard InChI is InChI=1S/C24H25NO4/c1-25(16-20-12-13-21(27-2)15-23(20)28-3)24(26)19-10-7-11-22(14-19)29-17-18-8-5-4-6-9-18/h4-15H,16-17H2,1-3H3. The van der Waals surface area contributed by atoms with Crippen LogP contribution >= 0.6 is 0 Å². The Labute approximate surface area is 171 Å². The number of ether oxygens (including phenoxy) is 3. The fourth-order valence-electron chi connectivity index (χ4n) is 2.99. The highest BCUT2D eigenvalue weighted by Gasteiger charge is 2.15. The quantitative estimate of drug-likeness (QED) is 0.565. The Hall–Kier alpha value is -3.47. The van der Waals surface area contributed by atoms with E-state index in [0.29, 0.717) is 36.0 Å². The predicted octanol–water partition coefficient (Wildman–Crippen LogP) is 4.56. The largest absolute Gasteiger partial charge is 0.497 e. The van der Waals surface area contributed by atoms with Crippen molar-refractivity contribution >= 4 is 5.91 Å². The van der Waals surface area contributed by atoms with E-state index in [-0.39, 0.29) is 5.91 Å². The zero-order chi connectivity index (χ0) is 20.6. The van der Waals surface area contributed by atoms with E-state index in [1.807, 2.05) is 60.7 Å². The molecule has 0 aliphatic rings. The van der Waals surface area contributed by atoms with Gasteiger partial charge in [0.05, 0.1) is 14.2 Å². The molecule has 0 bridgehead atoms. The number of rotatable bonds is 8. The van der Waals surface area contributed by atoms with Crippen molar-refractivity contribution in [1.29, 1.82) is 0 Å². The van der Waals surface area contributed by atoms with Gasteiger partial charge in [-0.3, -0.25) is 4.79 Å². The molecular formula is C24H25NO4. The summed E-state index contributed by atoms with van der Waals surface area (Å²) in [4.78, 5) is 14.6. The average molecular weight is 391 g/mol. The Bertz CT molecular complexity index is 956. The number of nitrogens with zero attached hydrogens (tertiary/aromatic N) is 1. The van der Waals surface area contributed by atoms with Crippen LogP contribution in [0.3, 0.4) is 0 Å². The van der Waals surface area contributed by atoms with Crippen LogP contribution < -0.4 is 14.2 Å². The van der Waals surface area contributed by atoms with Crippen molar-refractivity contribution in [2.24, 2.45) is 0 Å². The second-order valence-electron chi connectivity index (χ2n) is 6.64. The van der Waals surface area contributed by atoms with E-state index in [1.165, 1.54) is 0 Å². The number of carbonyl (C=O) groups is 1. The molecule has 0 saturated carbocycles. The van der Waals surface area contributed by atoms with Gasteiger partial charge in [0.1, 0.15) is 23.9 Å². The highest BCUT2D eigenvalue weighted by molar-refractivity contribution is 5.94. The summed E-state index contributed by atoms with van der Waals surface area (Å²) in [6.45, 7) is 0.873. The van der Waals surface area contributed by atoms with Crippen LogP contribution in [0.5, 0.6) is 17.2 Å². The molecule has 0 spiro atoms. The normalized spacial score (nSPS) is 10.3. The maximum atomic E-state index is 12.9. The van der Waals surface area contributed by atoms with Crippen LogP contribution in [0.4, 0.5) is 0 Å². The molecule has 0 atom stereocenters. The van der Waals surface area contributed by atoms with Crippen LogP contribution in [0, 0.1) is 0 Å². The van der Waals surface area contributed by atoms with E-state index in [2.05, 4.69) is 0 Å². The van der Waals surface area contributed by atoms with Crippen LogP contribution in [0.1, 0.15) is 21.5 Å². The monoisotopic (exact) mass is 391 g/mol. The second kappa shape index (κ2) is 9.64. The van der Waals surface area contributed by atoms with Gasteiger partial charge in [0.25, 0.3) is 5.91 Å².